The number of hydrogen-bond acceptors (Lipinski definition) is 6. The van der Waals surface area contributed by atoms with E-state index in [1.807, 2.05) is 41.3 Å². The normalized spacial score (nSPS) is 11.1. The van der Waals surface area contributed by atoms with Gasteiger partial charge in [-0.05, 0) is 24.3 Å². The minimum atomic E-state index is 0.249. The smallest absolute Gasteiger partial charge is 0.191 e. The van der Waals surface area contributed by atoms with Crippen molar-refractivity contribution in [1.82, 2.24) is 19.7 Å². The molecule has 0 radical (unpaired) electrons. The fourth-order valence-electron chi connectivity index (χ4n) is 2.60. The molecule has 154 valence electrons. The van der Waals surface area contributed by atoms with Crippen LogP contribution in [0, 0.1) is 0 Å². The van der Waals surface area contributed by atoms with E-state index in [-0.39, 0.29) is 6.61 Å². The summed E-state index contributed by atoms with van der Waals surface area (Å²) < 4.78 is 7.65. The first-order valence-electron chi connectivity index (χ1n) is 8.79. The number of ether oxygens (including phenoxy) is 1. The number of hydrogen-bond donors (Lipinski definition) is 0. The van der Waals surface area contributed by atoms with E-state index < -0.39 is 0 Å². The average Bonchev–Trinajstić information content (AvgIpc) is 3.33. The van der Waals surface area contributed by atoms with Gasteiger partial charge in [0.25, 0.3) is 0 Å². The SMILES string of the molecule is Cn1c(COc2ccc(Cl)cc2Cl)nnc1SCc1csc(-c2ccccc2Cl)n1. The summed E-state index contributed by atoms with van der Waals surface area (Å²) in [5.41, 5.74) is 1.91. The lowest BCUT2D eigenvalue weighted by Crippen LogP contribution is -2.04. The number of nitrogens with zero attached hydrogens (tertiary/aromatic N) is 4. The first kappa shape index (κ1) is 21.5. The third-order valence-corrected chi connectivity index (χ3v) is 7.02. The Balaban J connectivity index is 1.38. The van der Waals surface area contributed by atoms with Crippen molar-refractivity contribution in [2.24, 2.45) is 7.05 Å². The second-order valence-corrected chi connectivity index (χ2v) is 9.29. The number of halogens is 3. The molecule has 2 heterocycles. The van der Waals surface area contributed by atoms with Crippen LogP contribution in [0.5, 0.6) is 5.75 Å². The topological polar surface area (TPSA) is 52.8 Å². The molecular weight excluding hydrogens is 483 g/mol. The van der Waals surface area contributed by atoms with E-state index in [9.17, 15) is 0 Å². The molecule has 2 aromatic carbocycles. The lowest BCUT2D eigenvalue weighted by Gasteiger charge is -2.08. The van der Waals surface area contributed by atoms with Crippen molar-refractivity contribution in [3.05, 3.63) is 74.4 Å². The highest BCUT2D eigenvalue weighted by molar-refractivity contribution is 7.98. The Hall–Kier alpha value is -1.77. The summed E-state index contributed by atoms with van der Waals surface area (Å²) in [6.45, 7) is 0.249. The molecule has 4 aromatic rings. The minimum absolute atomic E-state index is 0.249. The number of rotatable bonds is 7. The average molecular weight is 498 g/mol. The van der Waals surface area contributed by atoms with Crippen LogP contribution in [0.4, 0.5) is 0 Å². The van der Waals surface area contributed by atoms with E-state index in [4.69, 9.17) is 44.5 Å². The molecule has 0 unspecified atom stereocenters. The first-order valence-corrected chi connectivity index (χ1v) is 11.8. The molecule has 0 aliphatic carbocycles. The molecule has 0 N–H and O–H groups in total. The minimum Gasteiger partial charge on any atom is -0.484 e. The molecule has 5 nitrogen and oxygen atoms in total. The van der Waals surface area contributed by atoms with Gasteiger partial charge in [0.1, 0.15) is 17.4 Å². The van der Waals surface area contributed by atoms with Crippen LogP contribution >= 0.6 is 57.9 Å². The quantitative estimate of drug-likeness (QED) is 0.264. The summed E-state index contributed by atoms with van der Waals surface area (Å²) in [5, 5.41) is 13.9. The lowest BCUT2D eigenvalue weighted by molar-refractivity contribution is 0.290. The lowest BCUT2D eigenvalue weighted by atomic mass is 10.2. The predicted molar refractivity (Wildman–Crippen MR) is 124 cm³/mol. The maximum absolute atomic E-state index is 6.27. The third kappa shape index (κ3) is 4.92. The van der Waals surface area contributed by atoms with E-state index in [1.54, 1.807) is 41.3 Å². The molecule has 0 bridgehead atoms. The van der Waals surface area contributed by atoms with Crippen LogP contribution in [0.3, 0.4) is 0 Å². The van der Waals surface area contributed by atoms with E-state index in [2.05, 4.69) is 10.2 Å². The predicted octanol–water partition coefficient (Wildman–Crippen LogP) is 6.77. The summed E-state index contributed by atoms with van der Waals surface area (Å²) in [4.78, 5) is 4.69. The maximum atomic E-state index is 6.27. The second kappa shape index (κ2) is 9.58. The Labute approximate surface area is 197 Å². The molecule has 0 fully saturated rings. The van der Waals surface area contributed by atoms with Crippen LogP contribution in [0.1, 0.15) is 11.5 Å². The van der Waals surface area contributed by atoms with Crippen molar-refractivity contribution >= 4 is 57.9 Å². The van der Waals surface area contributed by atoms with Crippen LogP contribution in [0.25, 0.3) is 10.6 Å². The van der Waals surface area contributed by atoms with Gasteiger partial charge in [0.15, 0.2) is 11.0 Å². The van der Waals surface area contributed by atoms with E-state index in [1.165, 1.54) is 0 Å². The highest BCUT2D eigenvalue weighted by Crippen LogP contribution is 2.32. The molecule has 0 atom stereocenters. The Bertz CT molecular complexity index is 1180. The van der Waals surface area contributed by atoms with Gasteiger partial charge in [0.2, 0.25) is 0 Å². The second-order valence-electron chi connectivity index (χ2n) is 6.23. The standard InChI is InChI=1S/C20H15Cl3N4OS2/c1-27-18(9-28-17-7-6-12(21)8-16(17)23)25-26-20(27)30-11-13-10-29-19(24-13)14-4-2-3-5-15(14)22/h2-8,10H,9,11H2,1H3. The Morgan fingerprint density at radius 2 is 1.90 bits per heavy atom. The van der Waals surface area contributed by atoms with Gasteiger partial charge < -0.3 is 9.30 Å². The van der Waals surface area contributed by atoms with Crippen LogP contribution < -0.4 is 4.74 Å². The van der Waals surface area contributed by atoms with Gasteiger partial charge in [-0.3, -0.25) is 0 Å². The molecule has 4 rings (SSSR count). The Morgan fingerprint density at radius 1 is 1.07 bits per heavy atom. The molecule has 0 aliphatic heterocycles. The van der Waals surface area contributed by atoms with E-state index in [0.717, 1.165) is 21.4 Å². The number of benzene rings is 2. The number of aromatic nitrogens is 4. The number of thiazole rings is 1. The van der Waals surface area contributed by atoms with Gasteiger partial charge in [0, 0.05) is 28.8 Å². The summed E-state index contributed by atoms with van der Waals surface area (Å²) >= 11 is 21.5. The zero-order chi connectivity index (χ0) is 21.1. The van der Waals surface area contributed by atoms with Gasteiger partial charge in [-0.15, -0.1) is 21.5 Å². The van der Waals surface area contributed by atoms with E-state index >= 15 is 0 Å². The van der Waals surface area contributed by atoms with Gasteiger partial charge in [0.05, 0.1) is 15.7 Å². The first-order chi connectivity index (χ1) is 14.5. The molecule has 30 heavy (non-hydrogen) atoms. The van der Waals surface area contributed by atoms with Crippen molar-refractivity contribution in [1.29, 1.82) is 0 Å². The monoisotopic (exact) mass is 496 g/mol. The molecule has 0 spiro atoms. The van der Waals surface area contributed by atoms with Crippen LogP contribution in [-0.4, -0.2) is 19.7 Å². The fraction of sp³-hybridized carbons (Fsp3) is 0.150. The third-order valence-electron chi connectivity index (χ3n) is 4.18. The molecule has 0 aliphatic rings. The summed E-state index contributed by atoms with van der Waals surface area (Å²) in [6.07, 6.45) is 0. The fourth-order valence-corrected chi connectivity index (χ4v) is 5.13. The van der Waals surface area contributed by atoms with Crippen molar-refractivity contribution in [3.8, 4) is 16.3 Å². The van der Waals surface area contributed by atoms with Crippen LogP contribution in [-0.2, 0) is 19.4 Å². The molecule has 0 saturated carbocycles. The van der Waals surface area contributed by atoms with Crippen molar-refractivity contribution < 1.29 is 4.74 Å². The molecular formula is C20H15Cl3N4OS2. The molecule has 0 saturated heterocycles. The van der Waals surface area contributed by atoms with Crippen LogP contribution in [0.15, 0.2) is 53.0 Å². The molecule has 2 aromatic heterocycles. The van der Waals surface area contributed by atoms with Crippen molar-refractivity contribution in [2.75, 3.05) is 0 Å². The Morgan fingerprint density at radius 3 is 2.70 bits per heavy atom. The Kier molecular flexibility index (Phi) is 6.85. The highest BCUT2D eigenvalue weighted by Gasteiger charge is 2.13. The largest absolute Gasteiger partial charge is 0.484 e. The zero-order valence-corrected chi connectivity index (χ0v) is 19.6. The summed E-state index contributed by atoms with van der Waals surface area (Å²) in [7, 11) is 1.90. The van der Waals surface area contributed by atoms with Crippen molar-refractivity contribution in [2.45, 2.75) is 17.5 Å². The van der Waals surface area contributed by atoms with E-state index in [0.29, 0.717) is 32.4 Å². The zero-order valence-electron chi connectivity index (χ0n) is 15.7. The molecule has 0 amide bonds. The number of thioether (sulfide) groups is 1. The highest BCUT2D eigenvalue weighted by atomic mass is 35.5. The summed E-state index contributed by atoms with van der Waals surface area (Å²) in [6, 6.07) is 12.8. The summed E-state index contributed by atoms with van der Waals surface area (Å²) in [5.74, 6) is 1.92. The van der Waals surface area contributed by atoms with Gasteiger partial charge >= 0.3 is 0 Å². The van der Waals surface area contributed by atoms with Gasteiger partial charge in [-0.25, -0.2) is 4.98 Å². The molecule has 10 heteroatoms. The van der Waals surface area contributed by atoms with Crippen molar-refractivity contribution in [3.63, 3.8) is 0 Å². The van der Waals surface area contributed by atoms with Gasteiger partial charge in [-0.1, -0.05) is 64.8 Å². The van der Waals surface area contributed by atoms with Gasteiger partial charge in [-0.2, -0.15) is 0 Å². The van der Waals surface area contributed by atoms with Crippen LogP contribution in [0.2, 0.25) is 15.1 Å². The maximum Gasteiger partial charge on any atom is 0.191 e.